The Kier molecular flexibility index (Phi) is 6.08. The van der Waals surface area contributed by atoms with Crippen molar-refractivity contribution in [2.45, 2.75) is 39.3 Å². The molecule has 0 aliphatic carbocycles. The molecular formula is C27H27FN2O2. The highest BCUT2D eigenvalue weighted by Crippen LogP contribution is 2.43. The molecule has 0 unspecified atom stereocenters. The zero-order valence-electron chi connectivity index (χ0n) is 18.5. The van der Waals surface area contributed by atoms with E-state index in [0.29, 0.717) is 12.0 Å². The highest BCUT2D eigenvalue weighted by atomic mass is 19.1. The fourth-order valence-corrected chi connectivity index (χ4v) is 4.42. The molecule has 5 heteroatoms. The van der Waals surface area contributed by atoms with Crippen LogP contribution < -0.4 is 9.80 Å². The van der Waals surface area contributed by atoms with Gasteiger partial charge < -0.3 is 9.80 Å². The number of nitrogens with zero attached hydrogens (tertiary/aromatic N) is 2. The van der Waals surface area contributed by atoms with Gasteiger partial charge in [0.2, 0.25) is 5.91 Å². The molecule has 4 nitrogen and oxygen atoms in total. The van der Waals surface area contributed by atoms with E-state index in [4.69, 9.17) is 0 Å². The summed E-state index contributed by atoms with van der Waals surface area (Å²) in [6, 6.07) is 22.7. The molecule has 2 amide bonds. The number of fused-ring (bicyclic) bond motifs is 1. The number of amides is 2. The Balaban J connectivity index is 1.80. The van der Waals surface area contributed by atoms with E-state index in [-0.39, 0.29) is 29.8 Å². The number of hydrogen-bond acceptors (Lipinski definition) is 2. The van der Waals surface area contributed by atoms with Crippen molar-refractivity contribution < 1.29 is 14.0 Å². The molecule has 0 N–H and O–H groups in total. The maximum absolute atomic E-state index is 13.8. The van der Waals surface area contributed by atoms with Crippen molar-refractivity contribution in [3.8, 4) is 0 Å². The highest BCUT2D eigenvalue weighted by Gasteiger charge is 2.39. The Morgan fingerprint density at radius 2 is 1.66 bits per heavy atom. The minimum atomic E-state index is -0.440. The maximum atomic E-state index is 13.8. The topological polar surface area (TPSA) is 40.6 Å². The molecular weight excluding hydrogens is 403 g/mol. The van der Waals surface area contributed by atoms with Crippen molar-refractivity contribution in [3.05, 3.63) is 95.8 Å². The number of carbonyl (C=O) groups excluding carboxylic acids is 2. The van der Waals surface area contributed by atoms with E-state index in [0.717, 1.165) is 16.9 Å². The van der Waals surface area contributed by atoms with E-state index in [9.17, 15) is 14.0 Å². The van der Waals surface area contributed by atoms with Crippen molar-refractivity contribution in [1.29, 1.82) is 0 Å². The molecule has 1 heterocycles. The van der Waals surface area contributed by atoms with Gasteiger partial charge in [-0.3, -0.25) is 9.59 Å². The van der Waals surface area contributed by atoms with Crippen LogP contribution in [-0.2, 0) is 4.79 Å². The molecule has 0 saturated heterocycles. The molecule has 0 aromatic heterocycles. The highest BCUT2D eigenvalue weighted by molar-refractivity contribution is 6.07. The molecule has 1 aliphatic rings. The number of carbonyl (C=O) groups is 2. The van der Waals surface area contributed by atoms with Crippen molar-refractivity contribution in [1.82, 2.24) is 0 Å². The zero-order valence-corrected chi connectivity index (χ0v) is 18.5. The molecule has 164 valence electrons. The van der Waals surface area contributed by atoms with Crippen LogP contribution in [0, 0.1) is 11.7 Å². The molecule has 0 radical (unpaired) electrons. The molecule has 0 saturated carbocycles. The molecule has 4 rings (SSSR count). The first-order valence-electron chi connectivity index (χ1n) is 10.9. The van der Waals surface area contributed by atoms with Crippen molar-refractivity contribution >= 4 is 23.2 Å². The first-order valence-corrected chi connectivity index (χ1v) is 10.9. The Hall–Kier alpha value is -3.47. The predicted octanol–water partition coefficient (Wildman–Crippen LogP) is 6.00. The number of rotatable bonds is 4. The van der Waals surface area contributed by atoms with Gasteiger partial charge >= 0.3 is 0 Å². The minimum Gasteiger partial charge on any atom is -0.305 e. The summed E-state index contributed by atoms with van der Waals surface area (Å²) < 4.78 is 13.8. The largest absolute Gasteiger partial charge is 0.305 e. The summed E-state index contributed by atoms with van der Waals surface area (Å²) in [4.78, 5) is 30.3. The molecule has 0 bridgehead atoms. The van der Waals surface area contributed by atoms with Crippen LogP contribution in [0.3, 0.4) is 0 Å². The van der Waals surface area contributed by atoms with Crippen LogP contribution >= 0.6 is 0 Å². The van der Waals surface area contributed by atoms with Gasteiger partial charge in [-0.05, 0) is 55.3 Å². The molecule has 2 atom stereocenters. The van der Waals surface area contributed by atoms with E-state index in [2.05, 4.69) is 0 Å². The number of anilines is 2. The van der Waals surface area contributed by atoms with Crippen LogP contribution in [0.4, 0.5) is 15.8 Å². The summed E-state index contributed by atoms with van der Waals surface area (Å²) in [7, 11) is 0. The van der Waals surface area contributed by atoms with Gasteiger partial charge in [-0.2, -0.15) is 0 Å². The third-order valence-electron chi connectivity index (χ3n) is 5.93. The lowest BCUT2D eigenvalue weighted by Gasteiger charge is -2.44. The van der Waals surface area contributed by atoms with Gasteiger partial charge in [0.1, 0.15) is 5.82 Å². The Morgan fingerprint density at radius 3 is 2.34 bits per heavy atom. The normalized spacial score (nSPS) is 17.7. The quantitative estimate of drug-likeness (QED) is 0.510. The number of para-hydroxylation sites is 2. The van der Waals surface area contributed by atoms with Crippen molar-refractivity contribution in [2.24, 2.45) is 5.92 Å². The summed E-state index contributed by atoms with van der Waals surface area (Å²) in [5, 5.41) is 0. The van der Waals surface area contributed by atoms with Crippen molar-refractivity contribution in [2.75, 3.05) is 9.80 Å². The zero-order chi connectivity index (χ0) is 22.8. The summed E-state index contributed by atoms with van der Waals surface area (Å²) in [5.74, 6) is -0.827. The Bertz CT molecular complexity index is 1130. The summed E-state index contributed by atoms with van der Waals surface area (Å²) in [6.07, 6.45) is 0.575. The van der Waals surface area contributed by atoms with E-state index in [1.165, 1.54) is 12.1 Å². The van der Waals surface area contributed by atoms with Gasteiger partial charge in [-0.15, -0.1) is 0 Å². The summed E-state index contributed by atoms with van der Waals surface area (Å²) >= 11 is 0. The van der Waals surface area contributed by atoms with Gasteiger partial charge in [0.15, 0.2) is 0 Å². The SMILES string of the molecule is CC(C)C(=O)N(c1ccccc1)[C@@H]1C[C@H](C)N(C(=O)c2cccc(F)c2)c2ccccc21. The van der Waals surface area contributed by atoms with Gasteiger partial charge in [-0.1, -0.05) is 56.3 Å². The maximum Gasteiger partial charge on any atom is 0.258 e. The standard InChI is InChI=1S/C27H27FN2O2/c1-18(2)26(31)30(22-12-5-4-6-13-22)25-16-19(3)29(24-15-8-7-14-23(24)25)27(32)20-10-9-11-21(28)17-20/h4-15,17-19,25H,16H2,1-3H3/t19-,25+/m0/s1. The lowest BCUT2D eigenvalue weighted by atomic mass is 9.89. The number of benzene rings is 3. The Labute approximate surface area is 188 Å². The van der Waals surface area contributed by atoms with Crippen molar-refractivity contribution in [3.63, 3.8) is 0 Å². The first-order chi connectivity index (χ1) is 15.4. The molecule has 3 aromatic rings. The molecule has 0 spiro atoms. The van der Waals surface area contributed by atoms with Gasteiger partial charge in [-0.25, -0.2) is 4.39 Å². The van der Waals surface area contributed by atoms with Crippen LogP contribution in [0.15, 0.2) is 78.9 Å². The predicted molar refractivity (Wildman–Crippen MR) is 125 cm³/mol. The van der Waals surface area contributed by atoms with Crippen LogP contribution in [0.1, 0.15) is 49.2 Å². The van der Waals surface area contributed by atoms with Gasteiger partial charge in [0, 0.05) is 28.9 Å². The average molecular weight is 431 g/mol. The van der Waals surface area contributed by atoms with Crippen LogP contribution in [-0.4, -0.2) is 17.9 Å². The lowest BCUT2D eigenvalue weighted by Crippen LogP contribution is -2.48. The number of hydrogen-bond donors (Lipinski definition) is 0. The van der Waals surface area contributed by atoms with Gasteiger partial charge in [0.05, 0.1) is 6.04 Å². The molecule has 0 fully saturated rings. The van der Waals surface area contributed by atoms with Crippen LogP contribution in [0.25, 0.3) is 0 Å². The van der Waals surface area contributed by atoms with E-state index < -0.39 is 5.82 Å². The third kappa shape index (κ3) is 4.03. The first kappa shape index (κ1) is 21.8. The summed E-state index contributed by atoms with van der Waals surface area (Å²) in [6.45, 7) is 5.77. The molecule has 3 aromatic carbocycles. The monoisotopic (exact) mass is 430 g/mol. The molecule has 1 aliphatic heterocycles. The second kappa shape index (κ2) is 8.95. The van der Waals surface area contributed by atoms with Crippen LogP contribution in [0.2, 0.25) is 0 Å². The third-order valence-corrected chi connectivity index (χ3v) is 5.93. The second-order valence-electron chi connectivity index (χ2n) is 8.54. The second-order valence-corrected chi connectivity index (χ2v) is 8.54. The lowest BCUT2D eigenvalue weighted by molar-refractivity contribution is -0.122. The average Bonchev–Trinajstić information content (AvgIpc) is 2.79. The van der Waals surface area contributed by atoms with E-state index >= 15 is 0 Å². The van der Waals surface area contributed by atoms with Crippen LogP contribution in [0.5, 0.6) is 0 Å². The number of halogens is 1. The fourth-order valence-electron chi connectivity index (χ4n) is 4.42. The molecule has 32 heavy (non-hydrogen) atoms. The smallest absolute Gasteiger partial charge is 0.258 e. The van der Waals surface area contributed by atoms with E-state index in [1.807, 2.05) is 80.3 Å². The fraction of sp³-hybridized carbons (Fsp3) is 0.259. The Morgan fingerprint density at radius 1 is 0.969 bits per heavy atom. The van der Waals surface area contributed by atoms with Gasteiger partial charge in [0.25, 0.3) is 5.91 Å². The minimum absolute atomic E-state index is 0.0353. The van der Waals surface area contributed by atoms with E-state index in [1.54, 1.807) is 17.0 Å². The summed E-state index contributed by atoms with van der Waals surface area (Å²) in [5.41, 5.74) is 2.81.